The van der Waals surface area contributed by atoms with Gasteiger partial charge in [0.25, 0.3) is 0 Å². The number of anilines is 2. The molecule has 0 spiro atoms. The molecule has 21 heavy (non-hydrogen) atoms. The lowest BCUT2D eigenvalue weighted by molar-refractivity contribution is -0.115. The number of hydrogen-bond acceptors (Lipinski definition) is 2. The largest absolute Gasteiger partial charge is 0.398 e. The summed E-state index contributed by atoms with van der Waals surface area (Å²) in [6, 6.07) is 15.5. The molecule has 0 bridgehead atoms. The molecule has 0 aliphatic rings. The van der Waals surface area contributed by atoms with Gasteiger partial charge in [0.1, 0.15) is 0 Å². The van der Waals surface area contributed by atoms with Crippen LogP contribution in [0.25, 0.3) is 0 Å². The molecular formula is C18H22N2O. The average molecular weight is 282 g/mol. The fourth-order valence-electron chi connectivity index (χ4n) is 2.21. The second kappa shape index (κ2) is 7.48. The summed E-state index contributed by atoms with van der Waals surface area (Å²) in [6.07, 6.45) is 3.77. The third-order valence-electron chi connectivity index (χ3n) is 3.46. The number of carbonyl (C=O) groups is 1. The van der Waals surface area contributed by atoms with Crippen LogP contribution >= 0.6 is 0 Å². The number of rotatable bonds is 6. The van der Waals surface area contributed by atoms with Gasteiger partial charge >= 0.3 is 0 Å². The highest BCUT2D eigenvalue weighted by atomic mass is 16.1. The van der Waals surface area contributed by atoms with Gasteiger partial charge in [-0.3, -0.25) is 4.79 Å². The van der Waals surface area contributed by atoms with E-state index in [4.69, 9.17) is 5.73 Å². The number of nitrogens with one attached hydrogen (secondary N) is 1. The normalized spacial score (nSPS) is 10.3. The highest BCUT2D eigenvalue weighted by Gasteiger charge is 2.06. The van der Waals surface area contributed by atoms with Crippen molar-refractivity contribution in [3.05, 3.63) is 59.7 Å². The van der Waals surface area contributed by atoms with Gasteiger partial charge in [0.05, 0.1) is 6.42 Å². The number of unbranched alkanes of at least 4 members (excludes halogenated alkanes) is 1. The van der Waals surface area contributed by atoms with Gasteiger partial charge in [-0.2, -0.15) is 0 Å². The third kappa shape index (κ3) is 4.63. The molecular weight excluding hydrogens is 260 g/mol. The first kappa shape index (κ1) is 15.1. The number of aryl methyl sites for hydroxylation is 1. The van der Waals surface area contributed by atoms with E-state index in [1.807, 2.05) is 36.4 Å². The van der Waals surface area contributed by atoms with Crippen molar-refractivity contribution >= 4 is 17.3 Å². The molecule has 0 fully saturated rings. The molecule has 3 heteroatoms. The van der Waals surface area contributed by atoms with E-state index in [0.29, 0.717) is 12.1 Å². The van der Waals surface area contributed by atoms with E-state index in [0.717, 1.165) is 17.7 Å². The van der Waals surface area contributed by atoms with Crippen molar-refractivity contribution in [3.63, 3.8) is 0 Å². The summed E-state index contributed by atoms with van der Waals surface area (Å²) in [5, 5.41) is 2.91. The summed E-state index contributed by atoms with van der Waals surface area (Å²) in [6.45, 7) is 2.18. The Morgan fingerprint density at radius 3 is 2.48 bits per heavy atom. The van der Waals surface area contributed by atoms with Gasteiger partial charge in [-0.15, -0.1) is 0 Å². The molecule has 2 aromatic rings. The monoisotopic (exact) mass is 282 g/mol. The Labute approximate surface area is 126 Å². The van der Waals surface area contributed by atoms with Gasteiger partial charge in [0.15, 0.2) is 0 Å². The van der Waals surface area contributed by atoms with Gasteiger partial charge in [-0.1, -0.05) is 43.7 Å². The van der Waals surface area contributed by atoms with Crippen molar-refractivity contribution in [1.82, 2.24) is 0 Å². The summed E-state index contributed by atoms with van der Waals surface area (Å²) in [5.41, 5.74) is 9.50. The Morgan fingerprint density at radius 1 is 1.10 bits per heavy atom. The fraction of sp³-hybridized carbons (Fsp3) is 0.278. The van der Waals surface area contributed by atoms with E-state index in [9.17, 15) is 4.79 Å². The Balaban J connectivity index is 1.92. The molecule has 0 aliphatic carbocycles. The number of nitrogens with two attached hydrogens (primary N) is 1. The minimum absolute atomic E-state index is 0.0470. The first-order chi connectivity index (χ1) is 10.2. The zero-order valence-electron chi connectivity index (χ0n) is 12.4. The van der Waals surface area contributed by atoms with E-state index >= 15 is 0 Å². The van der Waals surface area contributed by atoms with Crippen molar-refractivity contribution in [1.29, 1.82) is 0 Å². The molecule has 0 aliphatic heterocycles. The number of benzene rings is 2. The Bertz CT molecular complexity index is 590. The molecule has 2 rings (SSSR count). The van der Waals surface area contributed by atoms with Crippen LogP contribution in [0.4, 0.5) is 11.4 Å². The predicted molar refractivity (Wildman–Crippen MR) is 88.2 cm³/mol. The van der Waals surface area contributed by atoms with E-state index in [2.05, 4.69) is 24.4 Å². The van der Waals surface area contributed by atoms with Crippen molar-refractivity contribution in [2.24, 2.45) is 0 Å². The molecule has 3 nitrogen and oxygen atoms in total. The maximum Gasteiger partial charge on any atom is 0.228 e. The van der Waals surface area contributed by atoms with Gasteiger partial charge in [-0.25, -0.2) is 0 Å². The SMILES string of the molecule is CCCCc1ccc(NC(=O)Cc2ccccc2N)cc1. The van der Waals surface area contributed by atoms with Crippen molar-refractivity contribution < 1.29 is 4.79 Å². The van der Waals surface area contributed by atoms with E-state index < -0.39 is 0 Å². The van der Waals surface area contributed by atoms with Crippen molar-refractivity contribution in [2.75, 3.05) is 11.1 Å². The molecule has 0 aromatic heterocycles. The molecule has 3 N–H and O–H groups in total. The van der Waals surface area contributed by atoms with Crippen LogP contribution in [-0.2, 0) is 17.6 Å². The van der Waals surface area contributed by atoms with Crippen LogP contribution < -0.4 is 11.1 Å². The van der Waals surface area contributed by atoms with Crippen LogP contribution in [0.15, 0.2) is 48.5 Å². The molecule has 110 valence electrons. The van der Waals surface area contributed by atoms with E-state index in [-0.39, 0.29) is 5.91 Å². The molecule has 0 saturated carbocycles. The highest BCUT2D eigenvalue weighted by molar-refractivity contribution is 5.92. The number of nitrogen functional groups attached to an aromatic ring is 1. The molecule has 0 unspecified atom stereocenters. The molecule has 2 aromatic carbocycles. The summed E-state index contributed by atoms with van der Waals surface area (Å²) >= 11 is 0. The van der Waals surface area contributed by atoms with E-state index in [1.54, 1.807) is 0 Å². The zero-order valence-corrected chi connectivity index (χ0v) is 12.4. The van der Waals surface area contributed by atoms with Crippen molar-refractivity contribution in [3.8, 4) is 0 Å². The van der Waals surface area contributed by atoms with Crippen LogP contribution in [0.2, 0.25) is 0 Å². The first-order valence-electron chi connectivity index (χ1n) is 7.41. The minimum atomic E-state index is -0.0470. The summed E-state index contributed by atoms with van der Waals surface area (Å²) in [5.74, 6) is -0.0470. The number of carbonyl (C=O) groups excluding carboxylic acids is 1. The lowest BCUT2D eigenvalue weighted by atomic mass is 10.1. The summed E-state index contributed by atoms with van der Waals surface area (Å²) < 4.78 is 0. The molecule has 0 heterocycles. The smallest absolute Gasteiger partial charge is 0.228 e. The van der Waals surface area contributed by atoms with Gasteiger partial charge in [-0.05, 0) is 42.2 Å². The lowest BCUT2D eigenvalue weighted by Gasteiger charge is -2.08. The first-order valence-corrected chi connectivity index (χ1v) is 7.41. The molecule has 0 radical (unpaired) electrons. The maximum atomic E-state index is 12.0. The van der Waals surface area contributed by atoms with Crippen molar-refractivity contribution in [2.45, 2.75) is 32.6 Å². The summed E-state index contributed by atoms with van der Waals surface area (Å²) in [4.78, 5) is 12.0. The Kier molecular flexibility index (Phi) is 5.38. The Hall–Kier alpha value is -2.29. The lowest BCUT2D eigenvalue weighted by Crippen LogP contribution is -2.15. The zero-order chi connectivity index (χ0) is 15.1. The topological polar surface area (TPSA) is 55.1 Å². The Morgan fingerprint density at radius 2 is 1.81 bits per heavy atom. The van der Waals surface area contributed by atoms with Gasteiger partial charge in [0.2, 0.25) is 5.91 Å². The molecule has 0 atom stereocenters. The minimum Gasteiger partial charge on any atom is -0.398 e. The average Bonchev–Trinajstić information content (AvgIpc) is 2.49. The summed E-state index contributed by atoms with van der Waals surface area (Å²) in [7, 11) is 0. The number of amides is 1. The second-order valence-corrected chi connectivity index (χ2v) is 5.22. The highest BCUT2D eigenvalue weighted by Crippen LogP contribution is 2.14. The number of para-hydroxylation sites is 1. The van der Waals surface area contributed by atoms with Crippen LogP contribution in [0.5, 0.6) is 0 Å². The van der Waals surface area contributed by atoms with Crippen LogP contribution in [0.1, 0.15) is 30.9 Å². The number of hydrogen-bond donors (Lipinski definition) is 2. The van der Waals surface area contributed by atoms with Crippen LogP contribution in [-0.4, -0.2) is 5.91 Å². The standard InChI is InChI=1S/C18H22N2O/c1-2-3-6-14-9-11-16(12-10-14)20-18(21)13-15-7-4-5-8-17(15)19/h4-5,7-12H,2-3,6,13,19H2,1H3,(H,20,21). The fourth-order valence-corrected chi connectivity index (χ4v) is 2.21. The van der Waals surface area contributed by atoms with Gasteiger partial charge in [0, 0.05) is 11.4 Å². The second-order valence-electron chi connectivity index (χ2n) is 5.22. The van der Waals surface area contributed by atoms with Crippen LogP contribution in [0.3, 0.4) is 0 Å². The predicted octanol–water partition coefficient (Wildman–Crippen LogP) is 3.79. The van der Waals surface area contributed by atoms with E-state index in [1.165, 1.54) is 18.4 Å². The van der Waals surface area contributed by atoms with Crippen LogP contribution in [0, 0.1) is 0 Å². The third-order valence-corrected chi connectivity index (χ3v) is 3.46. The molecule has 1 amide bonds. The maximum absolute atomic E-state index is 12.0. The quantitative estimate of drug-likeness (QED) is 0.792. The molecule has 0 saturated heterocycles. The van der Waals surface area contributed by atoms with Gasteiger partial charge < -0.3 is 11.1 Å².